The second kappa shape index (κ2) is 8.36. The maximum atomic E-state index is 12.6. The van der Waals surface area contributed by atoms with Crippen LogP contribution in [0.1, 0.15) is 23.2 Å². The summed E-state index contributed by atoms with van der Waals surface area (Å²) in [5.74, 6) is -0.370. The Labute approximate surface area is 167 Å². The molecule has 1 fully saturated rings. The van der Waals surface area contributed by atoms with Gasteiger partial charge in [-0.15, -0.1) is 0 Å². The average Bonchev–Trinajstić information content (AvgIpc) is 3.10. The van der Waals surface area contributed by atoms with Crippen LogP contribution in [0.3, 0.4) is 0 Å². The van der Waals surface area contributed by atoms with Gasteiger partial charge in [-0.1, -0.05) is 0 Å². The van der Waals surface area contributed by atoms with Crippen molar-refractivity contribution in [3.05, 3.63) is 60.3 Å². The summed E-state index contributed by atoms with van der Waals surface area (Å²) in [4.78, 5) is 23.5. The lowest BCUT2D eigenvalue weighted by Crippen LogP contribution is -2.25. The van der Waals surface area contributed by atoms with E-state index in [1.54, 1.807) is 47.2 Å². The van der Waals surface area contributed by atoms with Crippen molar-refractivity contribution in [1.82, 2.24) is 4.57 Å². The highest BCUT2D eigenvalue weighted by Gasteiger charge is 2.15. The fraction of sp³-hybridized carbons (Fsp3) is 0.273. The van der Waals surface area contributed by atoms with Gasteiger partial charge in [0.25, 0.3) is 5.91 Å². The summed E-state index contributed by atoms with van der Waals surface area (Å²) in [6.07, 6.45) is 3.63. The van der Waals surface area contributed by atoms with Crippen LogP contribution in [0.25, 0.3) is 10.9 Å². The van der Waals surface area contributed by atoms with E-state index >= 15 is 0 Å². The number of hydrogen-bond donors (Lipinski definition) is 2. The molecule has 7 heteroatoms. The molecule has 0 atom stereocenters. The molecular formula is C22H22N2O5. The molecule has 150 valence electrons. The van der Waals surface area contributed by atoms with Gasteiger partial charge >= 0.3 is 5.97 Å². The Kier molecular flexibility index (Phi) is 5.48. The molecule has 0 unspecified atom stereocenters. The first-order valence-electron chi connectivity index (χ1n) is 9.55. The Morgan fingerprint density at radius 1 is 1.10 bits per heavy atom. The van der Waals surface area contributed by atoms with Crippen LogP contribution in [0.2, 0.25) is 0 Å². The number of anilines is 1. The molecule has 2 heterocycles. The number of amides is 1. The van der Waals surface area contributed by atoms with Gasteiger partial charge in [-0.2, -0.15) is 0 Å². The van der Waals surface area contributed by atoms with E-state index in [9.17, 15) is 9.59 Å². The minimum absolute atomic E-state index is 0.0997. The first kappa shape index (κ1) is 19.0. The molecule has 1 aliphatic rings. The van der Waals surface area contributed by atoms with Crippen molar-refractivity contribution in [2.45, 2.75) is 25.5 Å². The first-order valence-corrected chi connectivity index (χ1v) is 9.55. The van der Waals surface area contributed by atoms with Gasteiger partial charge < -0.3 is 24.5 Å². The van der Waals surface area contributed by atoms with Gasteiger partial charge in [-0.05, 0) is 48.5 Å². The van der Waals surface area contributed by atoms with Crippen LogP contribution in [-0.2, 0) is 16.1 Å². The molecule has 29 heavy (non-hydrogen) atoms. The van der Waals surface area contributed by atoms with E-state index in [2.05, 4.69) is 5.32 Å². The highest BCUT2D eigenvalue weighted by molar-refractivity contribution is 6.05. The average molecular weight is 394 g/mol. The van der Waals surface area contributed by atoms with Crippen LogP contribution >= 0.6 is 0 Å². The molecule has 1 saturated heterocycles. The number of carbonyl (C=O) groups is 2. The van der Waals surface area contributed by atoms with Gasteiger partial charge in [0, 0.05) is 41.2 Å². The van der Waals surface area contributed by atoms with Crippen LogP contribution in [0.15, 0.2) is 54.7 Å². The predicted octanol–water partition coefficient (Wildman–Crippen LogP) is 3.54. The summed E-state index contributed by atoms with van der Waals surface area (Å²) in [6, 6.07) is 14.3. The molecule has 0 radical (unpaired) electrons. The number of aliphatic carboxylic acids is 1. The summed E-state index contributed by atoms with van der Waals surface area (Å²) in [5.41, 5.74) is 1.99. The molecule has 2 N–H and O–H groups in total. The number of hydrogen-bond acceptors (Lipinski definition) is 4. The molecule has 4 rings (SSSR count). The standard InChI is InChI=1S/C22H22N2O5/c25-21(26)14-24-10-7-16-13-17(3-6-20(16)24)23-22(27)15-1-4-18(5-2-15)29-19-8-11-28-12-9-19/h1-7,10,13,19H,8-9,11-12,14H2,(H,23,27)(H,25,26). The van der Waals surface area contributed by atoms with Crippen LogP contribution in [0, 0.1) is 0 Å². The fourth-order valence-corrected chi connectivity index (χ4v) is 3.44. The quantitative estimate of drug-likeness (QED) is 0.668. The Balaban J connectivity index is 1.41. The van der Waals surface area contributed by atoms with E-state index in [0.29, 0.717) is 11.3 Å². The topological polar surface area (TPSA) is 89.8 Å². The van der Waals surface area contributed by atoms with Crippen molar-refractivity contribution in [2.24, 2.45) is 0 Å². The molecule has 7 nitrogen and oxygen atoms in total. The lowest BCUT2D eigenvalue weighted by atomic mass is 10.1. The maximum Gasteiger partial charge on any atom is 0.323 e. The molecule has 1 amide bonds. The molecule has 0 saturated carbocycles. The van der Waals surface area contributed by atoms with Gasteiger partial charge in [0.05, 0.1) is 13.2 Å². The van der Waals surface area contributed by atoms with Crippen molar-refractivity contribution in [2.75, 3.05) is 18.5 Å². The highest BCUT2D eigenvalue weighted by atomic mass is 16.5. The van der Waals surface area contributed by atoms with Gasteiger partial charge in [-0.3, -0.25) is 9.59 Å². The lowest BCUT2D eigenvalue weighted by molar-refractivity contribution is -0.137. The number of nitrogens with zero attached hydrogens (tertiary/aromatic N) is 1. The van der Waals surface area contributed by atoms with Crippen LogP contribution in [0.5, 0.6) is 5.75 Å². The summed E-state index contributed by atoms with van der Waals surface area (Å²) in [7, 11) is 0. The van der Waals surface area contributed by atoms with E-state index in [4.69, 9.17) is 14.6 Å². The van der Waals surface area contributed by atoms with Gasteiger partial charge in [0.15, 0.2) is 0 Å². The lowest BCUT2D eigenvalue weighted by Gasteiger charge is -2.23. The number of aromatic nitrogens is 1. The van der Waals surface area contributed by atoms with Crippen molar-refractivity contribution in [3.63, 3.8) is 0 Å². The number of benzene rings is 2. The monoisotopic (exact) mass is 394 g/mol. The summed E-state index contributed by atoms with van der Waals surface area (Å²) >= 11 is 0. The first-order chi connectivity index (χ1) is 14.1. The number of carbonyl (C=O) groups excluding carboxylic acids is 1. The van der Waals surface area contributed by atoms with Crippen molar-refractivity contribution < 1.29 is 24.2 Å². The largest absolute Gasteiger partial charge is 0.490 e. The van der Waals surface area contributed by atoms with Crippen molar-refractivity contribution in [3.8, 4) is 5.75 Å². The molecular weight excluding hydrogens is 372 g/mol. The zero-order valence-electron chi connectivity index (χ0n) is 15.8. The van der Waals surface area contributed by atoms with E-state index in [-0.39, 0.29) is 18.6 Å². The van der Waals surface area contributed by atoms with E-state index < -0.39 is 5.97 Å². The smallest absolute Gasteiger partial charge is 0.323 e. The maximum absolute atomic E-state index is 12.6. The SMILES string of the molecule is O=C(O)Cn1ccc2cc(NC(=O)c3ccc(OC4CCOCC4)cc3)ccc21. The third-order valence-corrected chi connectivity index (χ3v) is 4.92. The summed E-state index contributed by atoms with van der Waals surface area (Å²) < 4.78 is 12.9. The van der Waals surface area contributed by atoms with Crippen molar-refractivity contribution >= 4 is 28.5 Å². The van der Waals surface area contributed by atoms with Gasteiger partial charge in [0.2, 0.25) is 0 Å². The minimum Gasteiger partial charge on any atom is -0.490 e. The molecule has 1 aromatic heterocycles. The van der Waals surface area contributed by atoms with E-state index in [1.807, 2.05) is 12.1 Å². The summed E-state index contributed by atoms with van der Waals surface area (Å²) in [6.45, 7) is 1.34. The number of carboxylic acids is 1. The van der Waals surface area contributed by atoms with Crippen molar-refractivity contribution in [1.29, 1.82) is 0 Å². The molecule has 0 spiro atoms. The Morgan fingerprint density at radius 3 is 2.59 bits per heavy atom. The summed E-state index contributed by atoms with van der Waals surface area (Å²) in [5, 5.41) is 12.7. The van der Waals surface area contributed by atoms with E-state index in [0.717, 1.165) is 42.7 Å². The van der Waals surface area contributed by atoms with E-state index in [1.165, 1.54) is 0 Å². The van der Waals surface area contributed by atoms with Gasteiger partial charge in [-0.25, -0.2) is 0 Å². The van der Waals surface area contributed by atoms with Gasteiger partial charge in [0.1, 0.15) is 18.4 Å². The zero-order valence-corrected chi connectivity index (χ0v) is 15.8. The number of rotatable bonds is 6. The Bertz CT molecular complexity index is 1020. The number of ether oxygens (including phenoxy) is 2. The molecule has 0 bridgehead atoms. The fourth-order valence-electron chi connectivity index (χ4n) is 3.44. The normalized spacial score (nSPS) is 14.6. The molecule has 2 aromatic carbocycles. The molecule has 3 aromatic rings. The second-order valence-corrected chi connectivity index (χ2v) is 7.02. The Hall–Kier alpha value is -3.32. The highest BCUT2D eigenvalue weighted by Crippen LogP contribution is 2.22. The van der Waals surface area contributed by atoms with Crippen LogP contribution in [0.4, 0.5) is 5.69 Å². The number of nitrogens with one attached hydrogen (secondary N) is 1. The zero-order chi connectivity index (χ0) is 20.2. The third kappa shape index (κ3) is 4.57. The third-order valence-electron chi connectivity index (χ3n) is 4.92. The van der Waals surface area contributed by atoms with Crippen LogP contribution in [-0.4, -0.2) is 40.9 Å². The van der Waals surface area contributed by atoms with Crippen LogP contribution < -0.4 is 10.1 Å². The molecule has 0 aliphatic carbocycles. The predicted molar refractivity (Wildman–Crippen MR) is 108 cm³/mol. The number of carboxylic acid groups (broad SMARTS) is 1. The number of fused-ring (bicyclic) bond motifs is 1. The second-order valence-electron chi connectivity index (χ2n) is 7.02. The minimum atomic E-state index is -0.899. The Morgan fingerprint density at radius 2 is 1.86 bits per heavy atom. The molecule has 1 aliphatic heterocycles.